The quantitative estimate of drug-likeness (QED) is 0.536. The van der Waals surface area contributed by atoms with Crippen molar-refractivity contribution in [1.82, 2.24) is 24.9 Å². The minimum atomic E-state index is 0.524. The van der Waals surface area contributed by atoms with Crippen LogP contribution in [0.25, 0.3) is 33.3 Å². The molecule has 0 radical (unpaired) electrons. The predicted molar refractivity (Wildman–Crippen MR) is 94.9 cm³/mol. The van der Waals surface area contributed by atoms with Crippen LogP contribution < -0.4 is 5.32 Å². The van der Waals surface area contributed by atoms with E-state index in [1.165, 1.54) is 25.7 Å². The lowest BCUT2D eigenvalue weighted by Crippen LogP contribution is -2.15. The predicted octanol–water partition coefficient (Wildman–Crippen LogP) is 3.86. The summed E-state index contributed by atoms with van der Waals surface area (Å²) in [4.78, 5) is 20.0. The van der Waals surface area contributed by atoms with Crippen LogP contribution in [0.5, 0.6) is 0 Å². The highest BCUT2D eigenvalue weighted by molar-refractivity contribution is 6.01. The molecule has 0 aromatic carbocycles. The lowest BCUT2D eigenvalue weighted by Gasteiger charge is -2.14. The van der Waals surface area contributed by atoms with Gasteiger partial charge < -0.3 is 15.3 Å². The maximum Gasteiger partial charge on any atom is 0.141 e. The molecule has 6 heteroatoms. The summed E-state index contributed by atoms with van der Waals surface area (Å²) in [6.45, 7) is 0. The molecular formula is C18H18N6. The molecule has 1 saturated carbocycles. The molecule has 1 fully saturated rings. The second-order valence-corrected chi connectivity index (χ2v) is 6.38. The van der Waals surface area contributed by atoms with Crippen LogP contribution in [0.15, 0.2) is 36.9 Å². The molecule has 3 N–H and O–H groups in total. The molecular weight excluding hydrogens is 300 g/mol. The average Bonchev–Trinajstić information content (AvgIpc) is 3.34. The van der Waals surface area contributed by atoms with Crippen molar-refractivity contribution >= 4 is 27.9 Å². The molecule has 4 aromatic heterocycles. The maximum atomic E-state index is 4.73. The van der Waals surface area contributed by atoms with E-state index in [4.69, 9.17) is 4.98 Å². The van der Waals surface area contributed by atoms with Gasteiger partial charge in [0.2, 0.25) is 0 Å². The van der Waals surface area contributed by atoms with Gasteiger partial charge in [-0.1, -0.05) is 12.8 Å². The number of nitrogens with one attached hydrogen (secondary N) is 3. The van der Waals surface area contributed by atoms with Gasteiger partial charge in [-0.2, -0.15) is 0 Å². The van der Waals surface area contributed by atoms with Gasteiger partial charge in [0.05, 0.1) is 5.69 Å². The number of anilines is 1. The molecule has 0 aliphatic heterocycles. The van der Waals surface area contributed by atoms with Crippen molar-refractivity contribution in [3.05, 3.63) is 36.9 Å². The topological polar surface area (TPSA) is 82.3 Å². The first-order chi connectivity index (χ1) is 11.9. The van der Waals surface area contributed by atoms with Crippen LogP contribution in [0.2, 0.25) is 0 Å². The van der Waals surface area contributed by atoms with Gasteiger partial charge in [0, 0.05) is 34.8 Å². The SMILES string of the molecule is c1nc(-c2cc(NC3CCCC3)nc3[nH]ccc23)c2cc[nH]c2n1. The Morgan fingerprint density at radius 3 is 2.62 bits per heavy atom. The third kappa shape index (κ3) is 2.14. The maximum absolute atomic E-state index is 4.73. The van der Waals surface area contributed by atoms with Crippen molar-refractivity contribution < 1.29 is 0 Å². The monoisotopic (exact) mass is 318 g/mol. The second-order valence-electron chi connectivity index (χ2n) is 6.38. The average molecular weight is 318 g/mol. The highest BCUT2D eigenvalue weighted by Crippen LogP contribution is 2.33. The summed E-state index contributed by atoms with van der Waals surface area (Å²) in [5.74, 6) is 0.911. The number of hydrogen-bond acceptors (Lipinski definition) is 4. The Kier molecular flexibility index (Phi) is 3.01. The molecule has 5 rings (SSSR count). The Labute approximate surface area is 138 Å². The lowest BCUT2D eigenvalue weighted by molar-refractivity contribution is 0.751. The number of fused-ring (bicyclic) bond motifs is 2. The van der Waals surface area contributed by atoms with E-state index < -0.39 is 0 Å². The summed E-state index contributed by atoms with van der Waals surface area (Å²) in [6.07, 6.45) is 10.5. The van der Waals surface area contributed by atoms with Crippen LogP contribution in [-0.4, -0.2) is 31.0 Å². The van der Waals surface area contributed by atoms with Gasteiger partial charge in [-0.3, -0.25) is 0 Å². The molecule has 6 nitrogen and oxygen atoms in total. The summed E-state index contributed by atoms with van der Waals surface area (Å²) in [7, 11) is 0. The molecule has 0 amide bonds. The summed E-state index contributed by atoms with van der Waals surface area (Å²) < 4.78 is 0. The van der Waals surface area contributed by atoms with E-state index in [1.54, 1.807) is 6.33 Å². The Morgan fingerprint density at radius 2 is 1.75 bits per heavy atom. The van der Waals surface area contributed by atoms with Gasteiger partial charge in [-0.05, 0) is 31.0 Å². The largest absolute Gasteiger partial charge is 0.367 e. The summed E-state index contributed by atoms with van der Waals surface area (Å²) in [5.41, 5.74) is 3.75. The van der Waals surface area contributed by atoms with Crippen LogP contribution in [0.4, 0.5) is 5.82 Å². The lowest BCUT2D eigenvalue weighted by atomic mass is 10.1. The molecule has 4 aromatic rings. The normalized spacial score (nSPS) is 15.5. The minimum absolute atomic E-state index is 0.524. The van der Waals surface area contributed by atoms with Gasteiger partial charge in [-0.15, -0.1) is 0 Å². The van der Waals surface area contributed by atoms with E-state index in [-0.39, 0.29) is 0 Å². The van der Waals surface area contributed by atoms with Crippen molar-refractivity contribution in [3.63, 3.8) is 0 Å². The number of pyridine rings is 1. The van der Waals surface area contributed by atoms with Gasteiger partial charge in [0.1, 0.15) is 23.4 Å². The van der Waals surface area contributed by atoms with Gasteiger partial charge in [0.15, 0.2) is 0 Å². The second kappa shape index (κ2) is 5.33. The number of rotatable bonds is 3. The number of H-pyrrole nitrogens is 2. The molecule has 0 bridgehead atoms. The fraction of sp³-hybridized carbons (Fsp3) is 0.278. The van der Waals surface area contributed by atoms with Crippen LogP contribution in [0.3, 0.4) is 0 Å². The van der Waals surface area contributed by atoms with Crippen molar-refractivity contribution in [2.45, 2.75) is 31.7 Å². The fourth-order valence-electron chi connectivity index (χ4n) is 3.67. The highest BCUT2D eigenvalue weighted by atomic mass is 15.0. The Hall–Kier alpha value is -2.89. The van der Waals surface area contributed by atoms with E-state index in [2.05, 4.69) is 37.4 Å². The minimum Gasteiger partial charge on any atom is -0.367 e. The zero-order chi connectivity index (χ0) is 15.9. The smallest absolute Gasteiger partial charge is 0.141 e. The third-order valence-corrected chi connectivity index (χ3v) is 4.84. The first kappa shape index (κ1) is 13.5. The van der Waals surface area contributed by atoms with Crippen molar-refractivity contribution in [2.24, 2.45) is 0 Å². The van der Waals surface area contributed by atoms with E-state index in [9.17, 15) is 0 Å². The zero-order valence-corrected chi connectivity index (χ0v) is 13.2. The van der Waals surface area contributed by atoms with Crippen LogP contribution in [-0.2, 0) is 0 Å². The highest BCUT2D eigenvalue weighted by Gasteiger charge is 2.18. The van der Waals surface area contributed by atoms with Gasteiger partial charge in [-0.25, -0.2) is 15.0 Å². The molecule has 0 atom stereocenters. The fourth-order valence-corrected chi connectivity index (χ4v) is 3.67. The number of hydrogen-bond donors (Lipinski definition) is 3. The van der Waals surface area contributed by atoms with Crippen molar-refractivity contribution in [1.29, 1.82) is 0 Å². The van der Waals surface area contributed by atoms with E-state index in [0.29, 0.717) is 6.04 Å². The van der Waals surface area contributed by atoms with Crippen LogP contribution >= 0.6 is 0 Å². The molecule has 0 unspecified atom stereocenters. The zero-order valence-electron chi connectivity index (χ0n) is 13.2. The summed E-state index contributed by atoms with van der Waals surface area (Å²) in [6, 6.07) is 6.71. The molecule has 0 spiro atoms. The van der Waals surface area contributed by atoms with Gasteiger partial charge in [0.25, 0.3) is 0 Å². The molecule has 24 heavy (non-hydrogen) atoms. The summed E-state index contributed by atoms with van der Waals surface area (Å²) >= 11 is 0. The van der Waals surface area contributed by atoms with Crippen molar-refractivity contribution in [3.8, 4) is 11.3 Å². The summed E-state index contributed by atoms with van der Waals surface area (Å²) in [5, 5.41) is 5.70. The molecule has 1 aliphatic carbocycles. The van der Waals surface area contributed by atoms with Gasteiger partial charge >= 0.3 is 0 Å². The van der Waals surface area contributed by atoms with Crippen LogP contribution in [0.1, 0.15) is 25.7 Å². The van der Waals surface area contributed by atoms with Crippen molar-refractivity contribution in [2.75, 3.05) is 5.32 Å². The molecule has 4 heterocycles. The first-order valence-electron chi connectivity index (χ1n) is 8.41. The van der Waals surface area contributed by atoms with E-state index >= 15 is 0 Å². The first-order valence-corrected chi connectivity index (χ1v) is 8.41. The Balaban J connectivity index is 1.68. The Bertz CT molecular complexity index is 1010. The van der Waals surface area contributed by atoms with E-state index in [0.717, 1.165) is 39.1 Å². The number of aromatic amines is 2. The number of nitrogens with zero attached hydrogens (tertiary/aromatic N) is 3. The number of aromatic nitrogens is 5. The molecule has 1 aliphatic rings. The standard InChI is InChI=1S/C18H18N6/c1-2-4-11(3-1)23-15-9-14(12-5-7-20-18(12)24-15)16-13-6-8-19-17(13)22-10-21-16/h5-11H,1-4H2,(H,19,21,22)(H2,20,23,24). The Morgan fingerprint density at radius 1 is 0.958 bits per heavy atom. The molecule has 120 valence electrons. The third-order valence-electron chi connectivity index (χ3n) is 4.84. The molecule has 0 saturated heterocycles. The van der Waals surface area contributed by atoms with Crippen LogP contribution in [0, 0.1) is 0 Å². The van der Waals surface area contributed by atoms with E-state index in [1.807, 2.05) is 18.5 Å².